The lowest BCUT2D eigenvalue weighted by molar-refractivity contribution is -0.890. The van der Waals surface area contributed by atoms with Crippen LogP contribution in [0.3, 0.4) is 0 Å². The van der Waals surface area contributed by atoms with Gasteiger partial charge in [-0.15, -0.1) is 0 Å². The summed E-state index contributed by atoms with van der Waals surface area (Å²) in [4.78, 5) is 28.9. The molecular formula is C18H23ClN3O3+. The van der Waals surface area contributed by atoms with Crippen LogP contribution in [0, 0.1) is 0 Å². The highest BCUT2D eigenvalue weighted by molar-refractivity contribution is 6.31. The predicted octanol–water partition coefficient (Wildman–Crippen LogP) is 2.01. The van der Waals surface area contributed by atoms with E-state index in [1.54, 1.807) is 18.2 Å². The summed E-state index contributed by atoms with van der Waals surface area (Å²) in [6, 6.07) is 5.24. The lowest BCUT2D eigenvalue weighted by atomic mass is 10.2. The smallest absolute Gasteiger partial charge is 0.356 e. The Hall–Kier alpha value is -2.05. The number of aromatic amines is 1. The lowest BCUT2D eigenvalue weighted by Gasteiger charge is -2.16. The average molecular weight is 365 g/mol. The van der Waals surface area contributed by atoms with Crippen LogP contribution < -0.4 is 10.2 Å². The number of rotatable bonds is 4. The Labute approximate surface area is 151 Å². The highest BCUT2D eigenvalue weighted by atomic mass is 35.5. The molecule has 7 heteroatoms. The topological polar surface area (TPSA) is 75.6 Å². The van der Waals surface area contributed by atoms with Crippen molar-refractivity contribution in [3.05, 3.63) is 28.9 Å². The molecule has 6 nitrogen and oxygen atoms in total. The number of methoxy groups -OCH3 is 1. The van der Waals surface area contributed by atoms with E-state index in [9.17, 15) is 9.59 Å². The SMILES string of the molecule is COC(=O)c1[nH]c2ccc(Cl)cc2c1NC(=O)C[NH+]1CCCCCC1. The Kier molecular flexibility index (Phi) is 5.60. The molecule has 0 bridgehead atoms. The van der Waals surface area contributed by atoms with E-state index in [0.717, 1.165) is 31.4 Å². The monoisotopic (exact) mass is 364 g/mol. The molecule has 0 unspecified atom stereocenters. The molecule has 0 saturated carbocycles. The van der Waals surface area contributed by atoms with Crippen molar-refractivity contribution in [2.75, 3.05) is 32.1 Å². The number of carbonyl (C=O) groups excluding carboxylic acids is 2. The summed E-state index contributed by atoms with van der Waals surface area (Å²) in [5.74, 6) is -0.632. The molecule has 1 amide bonds. The first-order chi connectivity index (χ1) is 12.1. The van der Waals surface area contributed by atoms with Crippen LogP contribution in [0.5, 0.6) is 0 Å². The zero-order valence-corrected chi connectivity index (χ0v) is 15.0. The molecule has 25 heavy (non-hydrogen) atoms. The van der Waals surface area contributed by atoms with Gasteiger partial charge in [-0.05, 0) is 43.9 Å². The second-order valence-corrected chi connectivity index (χ2v) is 6.88. The number of halogens is 1. The molecule has 0 radical (unpaired) electrons. The van der Waals surface area contributed by atoms with Crippen molar-refractivity contribution >= 4 is 40.1 Å². The number of aromatic nitrogens is 1. The molecule has 1 aliphatic rings. The lowest BCUT2D eigenvalue weighted by Crippen LogP contribution is -3.12. The Balaban J connectivity index is 1.84. The summed E-state index contributed by atoms with van der Waals surface area (Å²) in [5, 5.41) is 4.13. The van der Waals surface area contributed by atoms with Gasteiger partial charge in [-0.25, -0.2) is 4.79 Å². The van der Waals surface area contributed by atoms with Gasteiger partial charge in [-0.2, -0.15) is 0 Å². The van der Waals surface area contributed by atoms with Crippen LogP contribution in [-0.2, 0) is 9.53 Å². The fourth-order valence-electron chi connectivity index (χ4n) is 3.37. The molecule has 1 aliphatic heterocycles. The summed E-state index contributed by atoms with van der Waals surface area (Å²) in [6.07, 6.45) is 4.77. The van der Waals surface area contributed by atoms with Crippen LogP contribution in [0.2, 0.25) is 5.02 Å². The van der Waals surface area contributed by atoms with Crippen molar-refractivity contribution in [3.8, 4) is 0 Å². The summed E-state index contributed by atoms with van der Waals surface area (Å²) < 4.78 is 4.83. The fourth-order valence-corrected chi connectivity index (χ4v) is 3.54. The predicted molar refractivity (Wildman–Crippen MR) is 97.3 cm³/mol. The number of hydrogen-bond acceptors (Lipinski definition) is 3. The molecule has 0 spiro atoms. The third-order valence-electron chi connectivity index (χ3n) is 4.64. The summed E-state index contributed by atoms with van der Waals surface area (Å²) in [7, 11) is 1.31. The Morgan fingerprint density at radius 2 is 1.96 bits per heavy atom. The first kappa shape index (κ1) is 17.8. The van der Waals surface area contributed by atoms with E-state index in [4.69, 9.17) is 16.3 Å². The van der Waals surface area contributed by atoms with Gasteiger partial charge in [-0.3, -0.25) is 4.79 Å². The van der Waals surface area contributed by atoms with Gasteiger partial charge in [0.15, 0.2) is 6.54 Å². The summed E-state index contributed by atoms with van der Waals surface area (Å²) >= 11 is 6.08. The summed E-state index contributed by atoms with van der Waals surface area (Å²) in [6.45, 7) is 2.42. The largest absolute Gasteiger partial charge is 0.464 e. The first-order valence-electron chi connectivity index (χ1n) is 8.61. The van der Waals surface area contributed by atoms with Gasteiger partial charge < -0.3 is 19.9 Å². The Bertz CT molecular complexity index is 779. The zero-order chi connectivity index (χ0) is 17.8. The normalized spacial score (nSPS) is 15.8. The van der Waals surface area contributed by atoms with Crippen molar-refractivity contribution in [1.29, 1.82) is 0 Å². The standard InChI is InChI=1S/C18H22ClN3O3/c1-25-18(24)17-16(13-10-12(19)6-7-14(13)20-17)21-15(23)11-22-8-4-2-3-5-9-22/h6-7,10,20H,2-5,8-9,11H2,1H3,(H,21,23)/p+1. The van der Waals surface area contributed by atoms with Crippen LogP contribution in [-0.4, -0.2) is 43.6 Å². The molecule has 3 rings (SSSR count). The average Bonchev–Trinajstić information content (AvgIpc) is 2.77. The van der Waals surface area contributed by atoms with Crippen molar-refractivity contribution in [2.24, 2.45) is 0 Å². The first-order valence-corrected chi connectivity index (χ1v) is 8.99. The fraction of sp³-hybridized carbons (Fsp3) is 0.444. The Morgan fingerprint density at radius 3 is 2.64 bits per heavy atom. The molecule has 3 N–H and O–H groups in total. The minimum atomic E-state index is -0.523. The van der Waals surface area contributed by atoms with E-state index in [1.165, 1.54) is 24.9 Å². The number of likely N-dealkylation sites (tertiary alicyclic amines) is 1. The van der Waals surface area contributed by atoms with Gasteiger partial charge >= 0.3 is 5.97 Å². The number of quaternary nitrogens is 1. The maximum absolute atomic E-state index is 12.6. The molecule has 134 valence electrons. The molecule has 0 atom stereocenters. The number of benzene rings is 1. The third-order valence-corrected chi connectivity index (χ3v) is 4.87. The van der Waals surface area contributed by atoms with E-state index < -0.39 is 5.97 Å². The number of amides is 1. The Morgan fingerprint density at radius 1 is 1.24 bits per heavy atom. The van der Waals surface area contributed by atoms with Crippen LogP contribution in [0.4, 0.5) is 5.69 Å². The van der Waals surface area contributed by atoms with E-state index >= 15 is 0 Å². The van der Waals surface area contributed by atoms with Gasteiger partial charge in [0, 0.05) is 15.9 Å². The van der Waals surface area contributed by atoms with Gasteiger partial charge in [0.2, 0.25) is 0 Å². The third kappa shape index (κ3) is 4.14. The van der Waals surface area contributed by atoms with E-state index in [2.05, 4.69) is 10.3 Å². The van der Waals surface area contributed by atoms with Crippen molar-refractivity contribution in [2.45, 2.75) is 25.7 Å². The molecular weight excluding hydrogens is 342 g/mol. The number of carbonyl (C=O) groups is 2. The summed E-state index contributed by atoms with van der Waals surface area (Å²) in [5.41, 5.74) is 1.39. The van der Waals surface area contributed by atoms with E-state index in [0.29, 0.717) is 22.6 Å². The number of H-pyrrole nitrogens is 1. The maximum Gasteiger partial charge on any atom is 0.356 e. The zero-order valence-electron chi connectivity index (χ0n) is 14.3. The molecule has 2 aromatic rings. The number of anilines is 1. The highest BCUT2D eigenvalue weighted by Gasteiger charge is 2.23. The maximum atomic E-state index is 12.6. The van der Waals surface area contributed by atoms with Gasteiger partial charge in [0.25, 0.3) is 5.91 Å². The number of esters is 1. The van der Waals surface area contributed by atoms with Crippen molar-refractivity contribution in [1.82, 2.24) is 4.98 Å². The van der Waals surface area contributed by atoms with Gasteiger partial charge in [0.05, 0.1) is 25.9 Å². The molecule has 1 aromatic heterocycles. The molecule has 2 heterocycles. The van der Waals surface area contributed by atoms with Gasteiger partial charge in [0.1, 0.15) is 5.69 Å². The van der Waals surface area contributed by atoms with Crippen LogP contribution >= 0.6 is 11.6 Å². The number of ether oxygens (including phenoxy) is 1. The molecule has 0 aliphatic carbocycles. The second kappa shape index (κ2) is 7.89. The number of fused-ring (bicyclic) bond motifs is 1. The minimum absolute atomic E-state index is 0.108. The van der Waals surface area contributed by atoms with Gasteiger partial charge in [-0.1, -0.05) is 11.6 Å². The quantitative estimate of drug-likeness (QED) is 0.726. The highest BCUT2D eigenvalue weighted by Crippen LogP contribution is 2.30. The molecule has 1 fully saturated rings. The van der Waals surface area contributed by atoms with Crippen molar-refractivity contribution in [3.63, 3.8) is 0 Å². The number of nitrogens with one attached hydrogen (secondary N) is 3. The second-order valence-electron chi connectivity index (χ2n) is 6.45. The van der Waals surface area contributed by atoms with Crippen LogP contribution in [0.15, 0.2) is 18.2 Å². The van der Waals surface area contributed by atoms with Crippen molar-refractivity contribution < 1.29 is 19.2 Å². The van der Waals surface area contributed by atoms with E-state index in [1.807, 2.05) is 0 Å². The molecule has 1 saturated heterocycles. The van der Waals surface area contributed by atoms with Crippen LogP contribution in [0.25, 0.3) is 10.9 Å². The van der Waals surface area contributed by atoms with Crippen LogP contribution in [0.1, 0.15) is 36.2 Å². The number of hydrogen-bond donors (Lipinski definition) is 3. The minimum Gasteiger partial charge on any atom is -0.464 e. The molecule has 1 aromatic carbocycles. The van der Waals surface area contributed by atoms with E-state index in [-0.39, 0.29) is 11.6 Å².